The van der Waals surface area contributed by atoms with E-state index in [9.17, 15) is 4.79 Å². The number of aromatic nitrogens is 1. The predicted molar refractivity (Wildman–Crippen MR) is 138 cm³/mol. The van der Waals surface area contributed by atoms with Crippen LogP contribution in [0.1, 0.15) is 34.3 Å². The Morgan fingerprint density at radius 1 is 1.15 bits per heavy atom. The molecule has 0 fully saturated rings. The molecule has 2 aliphatic heterocycles. The first-order valence-corrected chi connectivity index (χ1v) is 12.4. The first-order valence-electron chi connectivity index (χ1n) is 10.7. The van der Waals surface area contributed by atoms with E-state index in [0.29, 0.717) is 11.6 Å². The van der Waals surface area contributed by atoms with E-state index >= 15 is 0 Å². The van der Waals surface area contributed by atoms with E-state index in [-0.39, 0.29) is 11.4 Å². The van der Waals surface area contributed by atoms with E-state index in [1.807, 2.05) is 31.4 Å². The minimum absolute atomic E-state index is 0.0655. The van der Waals surface area contributed by atoms with Gasteiger partial charge in [-0.1, -0.05) is 25.1 Å². The molecule has 2 aliphatic rings. The van der Waals surface area contributed by atoms with Crippen molar-refractivity contribution in [2.24, 2.45) is 10.1 Å². The highest BCUT2D eigenvalue weighted by Gasteiger charge is 2.35. The van der Waals surface area contributed by atoms with Crippen LogP contribution in [0, 0.1) is 19.3 Å². The molecule has 1 aromatic carbocycles. The van der Waals surface area contributed by atoms with Crippen molar-refractivity contribution in [2.75, 3.05) is 0 Å². The van der Waals surface area contributed by atoms with Crippen LogP contribution in [0.4, 0.5) is 0 Å². The number of hydrazone groups is 1. The monoisotopic (exact) mass is 473 g/mol. The number of fused-ring (bicyclic) bond motifs is 1. The Morgan fingerprint density at radius 3 is 2.64 bits per heavy atom. The van der Waals surface area contributed by atoms with E-state index in [1.54, 1.807) is 17.4 Å². The molecule has 166 valence electrons. The number of hydrogen-bond acceptors (Lipinski definition) is 5. The molecule has 0 bridgehead atoms. The van der Waals surface area contributed by atoms with E-state index in [2.05, 4.69) is 51.9 Å². The summed E-state index contributed by atoms with van der Waals surface area (Å²) in [4.78, 5) is 18.2. The van der Waals surface area contributed by atoms with Crippen LogP contribution in [0.25, 0.3) is 11.8 Å². The van der Waals surface area contributed by atoms with Gasteiger partial charge in [-0.2, -0.15) is 15.1 Å². The van der Waals surface area contributed by atoms with Crippen LogP contribution in [0.15, 0.2) is 63.5 Å². The Morgan fingerprint density at radius 2 is 1.94 bits per heavy atom. The van der Waals surface area contributed by atoms with Gasteiger partial charge in [0, 0.05) is 28.4 Å². The van der Waals surface area contributed by atoms with E-state index < -0.39 is 5.91 Å². The summed E-state index contributed by atoms with van der Waals surface area (Å²) in [6, 6.07) is 14.6. The summed E-state index contributed by atoms with van der Waals surface area (Å²) in [5.41, 5.74) is 5.60. The zero-order chi connectivity index (χ0) is 23.1. The molecule has 5 rings (SSSR count). The molecule has 0 saturated carbocycles. The number of amidine groups is 2. The summed E-state index contributed by atoms with van der Waals surface area (Å²) >= 11 is 3.02. The Balaban J connectivity index is 1.46. The molecule has 0 spiro atoms. The lowest BCUT2D eigenvalue weighted by Gasteiger charge is -2.20. The Kier molecular flexibility index (Phi) is 5.64. The molecule has 0 saturated heterocycles. The van der Waals surface area contributed by atoms with Gasteiger partial charge in [-0.05, 0) is 78.9 Å². The van der Waals surface area contributed by atoms with Crippen molar-refractivity contribution in [1.29, 1.82) is 5.41 Å². The molecule has 33 heavy (non-hydrogen) atoms. The number of nitrogens with zero attached hydrogens (tertiary/aromatic N) is 4. The smallest absolute Gasteiger partial charge is 0.283 e. The molecule has 0 atom stereocenters. The minimum Gasteiger partial charge on any atom is -0.318 e. The SMILES string of the molecule is CCc1ccc(-n2c(C)cc(/C=C3/C(=N)N4N=C(Cc5cccs5)SC4=NC3=O)c2C)cc1. The van der Waals surface area contributed by atoms with Crippen molar-refractivity contribution in [2.45, 2.75) is 33.6 Å². The van der Waals surface area contributed by atoms with E-state index in [4.69, 9.17) is 5.41 Å². The van der Waals surface area contributed by atoms with Crippen LogP contribution in [-0.2, 0) is 17.6 Å². The molecule has 4 heterocycles. The number of nitrogens with one attached hydrogen (secondary N) is 1. The number of amides is 1. The molecule has 2 aromatic heterocycles. The Labute approximate surface area is 200 Å². The summed E-state index contributed by atoms with van der Waals surface area (Å²) in [6.07, 6.45) is 3.44. The molecule has 0 aliphatic carbocycles. The van der Waals surface area contributed by atoms with Crippen LogP contribution in [0.5, 0.6) is 0 Å². The lowest BCUT2D eigenvalue weighted by atomic mass is 10.1. The third-order valence-corrected chi connectivity index (χ3v) is 7.56. The zero-order valence-corrected chi connectivity index (χ0v) is 20.3. The standard InChI is InChI=1S/C25H23N5OS2/c1-4-17-7-9-19(10-8-17)29-15(2)12-18(16(29)3)13-21-23(26)30-25(27-24(21)31)33-22(28-30)14-20-6-5-11-32-20/h5-13,26H,4,14H2,1-3H3/b21-13-,26-23?. The van der Waals surface area contributed by atoms with Crippen LogP contribution >= 0.6 is 23.1 Å². The lowest BCUT2D eigenvalue weighted by molar-refractivity contribution is -0.114. The molecule has 3 aromatic rings. The maximum atomic E-state index is 12.8. The molecule has 0 unspecified atom stereocenters. The Hall–Kier alpha value is -3.23. The first kappa shape index (κ1) is 21.6. The van der Waals surface area contributed by atoms with Crippen LogP contribution in [-0.4, -0.2) is 31.5 Å². The number of aliphatic imine (C=N–C) groups is 1. The third kappa shape index (κ3) is 4.00. The summed E-state index contributed by atoms with van der Waals surface area (Å²) in [5, 5.41) is 18.0. The van der Waals surface area contributed by atoms with Crippen molar-refractivity contribution in [3.05, 3.63) is 80.8 Å². The second kappa shape index (κ2) is 8.61. The van der Waals surface area contributed by atoms with E-state index in [1.165, 1.54) is 27.2 Å². The number of hydrogen-bond donors (Lipinski definition) is 1. The highest BCUT2D eigenvalue weighted by molar-refractivity contribution is 8.27. The number of benzene rings is 1. The van der Waals surface area contributed by atoms with E-state index in [0.717, 1.165) is 34.1 Å². The van der Waals surface area contributed by atoms with Gasteiger partial charge in [0.2, 0.25) is 5.17 Å². The molecule has 1 amide bonds. The lowest BCUT2D eigenvalue weighted by Crippen LogP contribution is -2.35. The van der Waals surface area contributed by atoms with Crippen molar-refractivity contribution in [1.82, 2.24) is 9.58 Å². The largest absolute Gasteiger partial charge is 0.318 e. The van der Waals surface area contributed by atoms with Crippen molar-refractivity contribution < 1.29 is 4.79 Å². The van der Waals surface area contributed by atoms with Crippen LogP contribution in [0.3, 0.4) is 0 Å². The maximum absolute atomic E-state index is 12.8. The number of rotatable bonds is 5. The quantitative estimate of drug-likeness (QED) is 0.492. The van der Waals surface area contributed by atoms with Crippen molar-refractivity contribution in [3.8, 4) is 5.69 Å². The second-order valence-corrected chi connectivity index (χ2v) is 10.0. The fourth-order valence-electron chi connectivity index (χ4n) is 4.03. The number of thiophene rings is 1. The summed E-state index contributed by atoms with van der Waals surface area (Å²) < 4.78 is 2.17. The van der Waals surface area contributed by atoms with Gasteiger partial charge in [-0.3, -0.25) is 10.2 Å². The van der Waals surface area contributed by atoms with Gasteiger partial charge in [0.25, 0.3) is 5.91 Å². The average molecular weight is 474 g/mol. The average Bonchev–Trinajstić information content (AvgIpc) is 3.52. The van der Waals surface area contributed by atoms with Crippen LogP contribution in [0.2, 0.25) is 0 Å². The Bertz CT molecular complexity index is 1340. The third-order valence-electron chi connectivity index (χ3n) is 5.77. The normalized spacial score (nSPS) is 16.9. The highest BCUT2D eigenvalue weighted by Crippen LogP contribution is 2.31. The second-order valence-electron chi connectivity index (χ2n) is 7.95. The summed E-state index contributed by atoms with van der Waals surface area (Å²) in [5.74, 6) is -0.334. The zero-order valence-electron chi connectivity index (χ0n) is 18.6. The van der Waals surface area contributed by atoms with Gasteiger partial charge in [0.1, 0.15) is 5.04 Å². The number of thioether (sulfide) groups is 1. The minimum atomic E-state index is -0.400. The van der Waals surface area contributed by atoms with Gasteiger partial charge < -0.3 is 4.57 Å². The maximum Gasteiger partial charge on any atom is 0.283 e. The number of carbonyl (C=O) groups excluding carboxylic acids is 1. The van der Waals surface area contributed by atoms with Gasteiger partial charge >= 0.3 is 0 Å². The number of aryl methyl sites for hydroxylation is 2. The summed E-state index contributed by atoms with van der Waals surface area (Å²) in [7, 11) is 0. The first-order chi connectivity index (χ1) is 15.9. The van der Waals surface area contributed by atoms with Crippen molar-refractivity contribution in [3.63, 3.8) is 0 Å². The number of carbonyl (C=O) groups is 1. The highest BCUT2D eigenvalue weighted by atomic mass is 32.2. The van der Waals surface area contributed by atoms with Gasteiger partial charge in [-0.15, -0.1) is 11.3 Å². The van der Waals surface area contributed by atoms with Crippen molar-refractivity contribution >= 4 is 51.1 Å². The predicted octanol–water partition coefficient (Wildman–Crippen LogP) is 5.58. The van der Waals surface area contributed by atoms with Gasteiger partial charge in [-0.25, -0.2) is 0 Å². The molecule has 6 nitrogen and oxygen atoms in total. The molecule has 8 heteroatoms. The topological polar surface area (TPSA) is 73.8 Å². The van der Waals surface area contributed by atoms with Gasteiger partial charge in [0.05, 0.1) is 5.57 Å². The molecule has 1 N–H and O–H groups in total. The fraction of sp³-hybridized carbons (Fsp3) is 0.200. The summed E-state index contributed by atoms with van der Waals surface area (Å²) in [6.45, 7) is 6.22. The molecular formula is C25H23N5OS2. The molecular weight excluding hydrogens is 450 g/mol. The molecule has 0 radical (unpaired) electrons. The van der Waals surface area contributed by atoms with Crippen LogP contribution < -0.4 is 0 Å². The fourth-order valence-corrected chi connectivity index (χ4v) is 5.74. The van der Waals surface area contributed by atoms with Gasteiger partial charge in [0.15, 0.2) is 5.84 Å².